The molecule has 0 aromatic carbocycles. The fourth-order valence-electron chi connectivity index (χ4n) is 1.93. The summed E-state index contributed by atoms with van der Waals surface area (Å²) < 4.78 is 0. The largest absolute Gasteiger partial charge is 0.341 e. The second kappa shape index (κ2) is 6.24. The van der Waals surface area contributed by atoms with Crippen LogP contribution >= 0.6 is 0 Å². The third-order valence-electron chi connectivity index (χ3n) is 3.07. The molecule has 2 amide bonds. The van der Waals surface area contributed by atoms with Crippen LogP contribution in [0.4, 0.5) is 0 Å². The lowest BCUT2D eigenvalue weighted by molar-refractivity contribution is -0.140. The van der Waals surface area contributed by atoms with Crippen LogP contribution in [0.3, 0.4) is 0 Å². The molecular formula is C12H19N3O2. The first-order valence-electron chi connectivity index (χ1n) is 6.02. The van der Waals surface area contributed by atoms with Crippen LogP contribution in [0.25, 0.3) is 0 Å². The van der Waals surface area contributed by atoms with E-state index in [1.54, 1.807) is 18.9 Å². The van der Waals surface area contributed by atoms with Crippen molar-refractivity contribution in [3.63, 3.8) is 0 Å². The molecule has 0 aromatic heterocycles. The first kappa shape index (κ1) is 13.5. The molecule has 0 bridgehead atoms. The van der Waals surface area contributed by atoms with Gasteiger partial charge < -0.3 is 9.80 Å². The molecule has 1 rings (SSSR count). The van der Waals surface area contributed by atoms with Gasteiger partial charge in [0.05, 0.1) is 12.6 Å². The van der Waals surface area contributed by atoms with E-state index >= 15 is 0 Å². The molecule has 0 aliphatic carbocycles. The lowest BCUT2D eigenvalue weighted by Crippen LogP contribution is -2.41. The van der Waals surface area contributed by atoms with Crippen LogP contribution in [0.2, 0.25) is 0 Å². The van der Waals surface area contributed by atoms with Gasteiger partial charge in [-0.3, -0.25) is 9.59 Å². The average Bonchev–Trinajstić information content (AvgIpc) is 2.83. The summed E-state index contributed by atoms with van der Waals surface area (Å²) in [7, 11) is 1.58. The van der Waals surface area contributed by atoms with E-state index in [9.17, 15) is 9.59 Å². The first-order chi connectivity index (χ1) is 8.10. The van der Waals surface area contributed by atoms with Crippen molar-refractivity contribution in [1.82, 2.24) is 9.80 Å². The smallest absolute Gasteiger partial charge is 0.242 e. The summed E-state index contributed by atoms with van der Waals surface area (Å²) in [5.74, 6) is -0.917. The molecule has 1 saturated heterocycles. The molecule has 5 nitrogen and oxygen atoms in total. The zero-order chi connectivity index (χ0) is 12.8. The first-order valence-corrected chi connectivity index (χ1v) is 6.02. The number of nitriles is 1. The van der Waals surface area contributed by atoms with Crippen molar-refractivity contribution in [3.05, 3.63) is 0 Å². The monoisotopic (exact) mass is 237 g/mol. The van der Waals surface area contributed by atoms with Crippen LogP contribution in [0, 0.1) is 17.2 Å². The molecule has 0 aromatic rings. The van der Waals surface area contributed by atoms with Gasteiger partial charge in [-0.25, -0.2) is 0 Å². The number of hydrogen-bond acceptors (Lipinski definition) is 3. The van der Waals surface area contributed by atoms with Crippen LogP contribution in [-0.4, -0.2) is 48.3 Å². The Morgan fingerprint density at radius 2 is 2.00 bits per heavy atom. The van der Waals surface area contributed by atoms with Crippen LogP contribution < -0.4 is 0 Å². The summed E-state index contributed by atoms with van der Waals surface area (Å²) in [6.07, 6.45) is 2.57. The molecule has 0 spiro atoms. The van der Waals surface area contributed by atoms with Crippen LogP contribution in [0.15, 0.2) is 0 Å². The minimum absolute atomic E-state index is 0.0221. The topological polar surface area (TPSA) is 64.4 Å². The Bertz CT molecular complexity index is 329. The molecule has 5 heteroatoms. The number of carbonyl (C=O) groups excluding carboxylic acids is 2. The zero-order valence-electron chi connectivity index (χ0n) is 10.5. The number of nitrogens with zero attached hydrogens (tertiary/aromatic N) is 3. The van der Waals surface area contributed by atoms with E-state index in [-0.39, 0.29) is 18.4 Å². The lowest BCUT2D eigenvalue weighted by atomic mass is 10.1. The van der Waals surface area contributed by atoms with Crippen molar-refractivity contribution in [2.45, 2.75) is 26.2 Å². The van der Waals surface area contributed by atoms with Gasteiger partial charge in [-0.2, -0.15) is 5.26 Å². The molecule has 94 valence electrons. The van der Waals surface area contributed by atoms with Crippen LogP contribution in [0.1, 0.15) is 26.2 Å². The van der Waals surface area contributed by atoms with Crippen molar-refractivity contribution in [1.29, 1.82) is 5.26 Å². The van der Waals surface area contributed by atoms with Gasteiger partial charge in [0, 0.05) is 20.1 Å². The summed E-state index contributed by atoms with van der Waals surface area (Å²) in [4.78, 5) is 26.7. The van der Waals surface area contributed by atoms with Gasteiger partial charge in [0.1, 0.15) is 5.92 Å². The number of likely N-dealkylation sites (tertiary alicyclic amines) is 1. The Kier molecular flexibility index (Phi) is 4.95. The van der Waals surface area contributed by atoms with Gasteiger partial charge in [-0.1, -0.05) is 6.92 Å². The maximum atomic E-state index is 11.8. The third-order valence-corrected chi connectivity index (χ3v) is 3.07. The SMILES string of the molecule is CCC(C#N)C(=O)N(C)CC(=O)N1CCCC1. The molecule has 0 saturated carbocycles. The van der Waals surface area contributed by atoms with E-state index in [0.29, 0.717) is 6.42 Å². The second-order valence-corrected chi connectivity index (χ2v) is 4.37. The summed E-state index contributed by atoms with van der Waals surface area (Å²) in [5, 5.41) is 8.80. The number of amides is 2. The molecule has 0 N–H and O–H groups in total. The minimum atomic E-state index is -0.633. The molecule has 0 radical (unpaired) electrons. The van der Waals surface area contributed by atoms with Crippen LogP contribution in [0.5, 0.6) is 0 Å². The maximum absolute atomic E-state index is 11.8. The maximum Gasteiger partial charge on any atom is 0.242 e. The van der Waals surface area contributed by atoms with Gasteiger partial charge >= 0.3 is 0 Å². The third kappa shape index (κ3) is 3.45. The average molecular weight is 237 g/mol. The van der Waals surface area contributed by atoms with E-state index in [2.05, 4.69) is 0 Å². The lowest BCUT2D eigenvalue weighted by Gasteiger charge is -2.22. The van der Waals surface area contributed by atoms with Gasteiger partial charge in [0.15, 0.2) is 0 Å². The minimum Gasteiger partial charge on any atom is -0.341 e. The molecule has 1 aliphatic rings. The predicted octanol–water partition coefficient (Wildman–Crippen LogP) is 0.617. The molecule has 1 unspecified atom stereocenters. The quantitative estimate of drug-likeness (QED) is 0.720. The fraction of sp³-hybridized carbons (Fsp3) is 0.750. The Morgan fingerprint density at radius 3 is 2.47 bits per heavy atom. The van der Waals surface area contributed by atoms with E-state index in [4.69, 9.17) is 5.26 Å². The van der Waals surface area contributed by atoms with E-state index in [1.807, 2.05) is 6.07 Å². The Morgan fingerprint density at radius 1 is 1.41 bits per heavy atom. The highest BCUT2D eigenvalue weighted by Gasteiger charge is 2.24. The van der Waals surface area contributed by atoms with E-state index in [0.717, 1.165) is 25.9 Å². The van der Waals surface area contributed by atoms with Gasteiger partial charge in [-0.05, 0) is 19.3 Å². The number of likely N-dealkylation sites (N-methyl/N-ethyl adjacent to an activating group) is 1. The molecule has 1 heterocycles. The zero-order valence-corrected chi connectivity index (χ0v) is 10.5. The van der Waals surface area contributed by atoms with E-state index < -0.39 is 5.92 Å². The van der Waals surface area contributed by atoms with Gasteiger partial charge in [-0.15, -0.1) is 0 Å². The van der Waals surface area contributed by atoms with Crippen molar-refractivity contribution >= 4 is 11.8 Å². The summed E-state index contributed by atoms with van der Waals surface area (Å²) >= 11 is 0. The van der Waals surface area contributed by atoms with Crippen molar-refractivity contribution in [2.75, 3.05) is 26.7 Å². The van der Waals surface area contributed by atoms with Crippen molar-refractivity contribution < 1.29 is 9.59 Å². The molecule has 1 aliphatic heterocycles. The van der Waals surface area contributed by atoms with E-state index in [1.165, 1.54) is 4.90 Å². The molecule has 1 atom stereocenters. The van der Waals surface area contributed by atoms with Crippen LogP contribution in [-0.2, 0) is 9.59 Å². The number of hydrogen-bond donors (Lipinski definition) is 0. The summed E-state index contributed by atoms with van der Waals surface area (Å²) in [5.41, 5.74) is 0. The molecular weight excluding hydrogens is 218 g/mol. The van der Waals surface area contributed by atoms with Gasteiger partial charge in [0.25, 0.3) is 0 Å². The summed E-state index contributed by atoms with van der Waals surface area (Å²) in [6.45, 7) is 3.45. The Labute approximate surface area is 102 Å². The van der Waals surface area contributed by atoms with Gasteiger partial charge in [0.2, 0.25) is 11.8 Å². The molecule has 17 heavy (non-hydrogen) atoms. The van der Waals surface area contributed by atoms with Crippen molar-refractivity contribution in [3.8, 4) is 6.07 Å². The Balaban J connectivity index is 2.48. The highest BCUT2D eigenvalue weighted by Crippen LogP contribution is 2.09. The fourth-order valence-corrected chi connectivity index (χ4v) is 1.93. The predicted molar refractivity (Wildman–Crippen MR) is 62.8 cm³/mol. The number of carbonyl (C=O) groups is 2. The second-order valence-electron chi connectivity index (χ2n) is 4.37. The Hall–Kier alpha value is -1.57. The van der Waals surface area contributed by atoms with Crippen molar-refractivity contribution in [2.24, 2.45) is 5.92 Å². The molecule has 1 fully saturated rings. The normalized spacial score (nSPS) is 16.4. The highest BCUT2D eigenvalue weighted by molar-refractivity contribution is 5.87. The summed E-state index contributed by atoms with van der Waals surface area (Å²) in [6, 6.07) is 1.96. The standard InChI is InChI=1S/C12H19N3O2/c1-3-10(8-13)12(17)14(2)9-11(16)15-6-4-5-7-15/h10H,3-7,9H2,1-2H3. The number of rotatable bonds is 4. The highest BCUT2D eigenvalue weighted by atomic mass is 16.2.